The molecule has 2 amide bonds. The Morgan fingerprint density at radius 3 is 2.47 bits per heavy atom. The molecule has 0 aromatic heterocycles. The van der Waals surface area contributed by atoms with Gasteiger partial charge < -0.3 is 14.7 Å². The second-order valence-electron chi connectivity index (χ2n) is 5.93. The minimum atomic E-state index is 0.101. The van der Waals surface area contributed by atoms with E-state index in [2.05, 4.69) is 11.9 Å². The minimum Gasteiger partial charge on any atom is -0.344 e. The fourth-order valence-corrected chi connectivity index (χ4v) is 2.59. The molecule has 1 saturated carbocycles. The van der Waals surface area contributed by atoms with Crippen molar-refractivity contribution in [2.75, 3.05) is 34.2 Å². The lowest BCUT2D eigenvalue weighted by Crippen LogP contribution is -2.39. The smallest absolute Gasteiger partial charge is 0.224 e. The standard InChI is InChI=1S/C14H25N3O2/c1-15(11-4-5-11)8-9-16(2)14(19)10-12-6-7-13(18)17(12)3/h11-12H,4-10H2,1-3H3/t12-/m0/s1. The number of nitrogens with zero attached hydrogens (tertiary/aromatic N) is 3. The first kappa shape index (κ1) is 14.3. The van der Waals surface area contributed by atoms with Crippen molar-refractivity contribution in [2.45, 2.75) is 44.2 Å². The highest BCUT2D eigenvalue weighted by Crippen LogP contribution is 2.25. The van der Waals surface area contributed by atoms with Crippen LogP contribution in [0.5, 0.6) is 0 Å². The monoisotopic (exact) mass is 267 g/mol. The van der Waals surface area contributed by atoms with Crippen LogP contribution in [0.1, 0.15) is 32.1 Å². The van der Waals surface area contributed by atoms with Crippen LogP contribution in [0.25, 0.3) is 0 Å². The third-order valence-electron chi connectivity index (χ3n) is 4.43. The molecule has 1 aliphatic carbocycles. The van der Waals surface area contributed by atoms with E-state index in [9.17, 15) is 9.59 Å². The van der Waals surface area contributed by atoms with Crippen molar-refractivity contribution in [3.05, 3.63) is 0 Å². The maximum Gasteiger partial charge on any atom is 0.224 e. The van der Waals surface area contributed by atoms with Crippen LogP contribution in [0, 0.1) is 0 Å². The van der Waals surface area contributed by atoms with Crippen LogP contribution in [0.3, 0.4) is 0 Å². The Labute approximate surface area is 115 Å². The molecule has 0 spiro atoms. The molecular formula is C14H25N3O2. The van der Waals surface area contributed by atoms with Crippen LogP contribution in [0.4, 0.5) is 0 Å². The molecule has 1 heterocycles. The number of hydrogen-bond acceptors (Lipinski definition) is 3. The summed E-state index contributed by atoms with van der Waals surface area (Å²) in [5, 5.41) is 0. The van der Waals surface area contributed by atoms with E-state index < -0.39 is 0 Å². The van der Waals surface area contributed by atoms with Crippen molar-refractivity contribution < 1.29 is 9.59 Å². The molecule has 19 heavy (non-hydrogen) atoms. The van der Waals surface area contributed by atoms with Crippen molar-refractivity contribution in [1.29, 1.82) is 0 Å². The summed E-state index contributed by atoms with van der Waals surface area (Å²) in [6, 6.07) is 0.839. The van der Waals surface area contributed by atoms with Crippen LogP contribution < -0.4 is 0 Å². The Hall–Kier alpha value is -1.10. The van der Waals surface area contributed by atoms with Crippen LogP contribution in [0.2, 0.25) is 0 Å². The zero-order valence-corrected chi connectivity index (χ0v) is 12.3. The molecule has 0 unspecified atom stereocenters. The number of amides is 2. The Kier molecular flexibility index (Phi) is 4.45. The predicted molar refractivity (Wildman–Crippen MR) is 73.7 cm³/mol. The van der Waals surface area contributed by atoms with Crippen molar-refractivity contribution in [2.24, 2.45) is 0 Å². The Balaban J connectivity index is 1.71. The molecule has 2 fully saturated rings. The molecule has 1 atom stereocenters. The highest BCUT2D eigenvalue weighted by Gasteiger charge is 2.30. The lowest BCUT2D eigenvalue weighted by molar-refractivity contribution is -0.132. The molecule has 108 valence electrons. The summed E-state index contributed by atoms with van der Waals surface area (Å²) in [6.45, 7) is 1.71. The molecule has 0 aromatic carbocycles. The molecule has 2 rings (SSSR count). The van der Waals surface area contributed by atoms with E-state index in [1.54, 1.807) is 16.8 Å². The second-order valence-corrected chi connectivity index (χ2v) is 5.93. The van der Waals surface area contributed by atoms with Gasteiger partial charge in [-0.05, 0) is 26.3 Å². The third kappa shape index (κ3) is 3.69. The van der Waals surface area contributed by atoms with E-state index in [0.29, 0.717) is 12.8 Å². The van der Waals surface area contributed by atoms with Crippen LogP contribution in [-0.4, -0.2) is 72.8 Å². The van der Waals surface area contributed by atoms with E-state index in [1.165, 1.54) is 12.8 Å². The SMILES string of the molecule is CN(CCN(C)C1CC1)C(=O)C[C@@H]1CCC(=O)N1C. The largest absolute Gasteiger partial charge is 0.344 e. The normalized spacial score (nSPS) is 23.3. The van der Waals surface area contributed by atoms with E-state index in [0.717, 1.165) is 25.6 Å². The zero-order valence-electron chi connectivity index (χ0n) is 12.3. The van der Waals surface area contributed by atoms with Crippen LogP contribution >= 0.6 is 0 Å². The molecule has 0 aromatic rings. The van der Waals surface area contributed by atoms with Gasteiger partial charge in [0, 0.05) is 52.1 Å². The van der Waals surface area contributed by atoms with E-state index in [1.807, 2.05) is 7.05 Å². The summed E-state index contributed by atoms with van der Waals surface area (Å²) < 4.78 is 0. The number of carbonyl (C=O) groups is 2. The summed E-state index contributed by atoms with van der Waals surface area (Å²) in [7, 11) is 5.79. The van der Waals surface area contributed by atoms with Crippen molar-refractivity contribution in [3.63, 3.8) is 0 Å². The Morgan fingerprint density at radius 2 is 1.95 bits per heavy atom. The van der Waals surface area contributed by atoms with Gasteiger partial charge in [0.1, 0.15) is 0 Å². The van der Waals surface area contributed by atoms with Gasteiger partial charge >= 0.3 is 0 Å². The summed E-state index contributed by atoms with van der Waals surface area (Å²) in [4.78, 5) is 29.4. The molecule has 5 nitrogen and oxygen atoms in total. The maximum absolute atomic E-state index is 12.1. The van der Waals surface area contributed by atoms with Gasteiger partial charge in [-0.2, -0.15) is 0 Å². The van der Waals surface area contributed by atoms with Gasteiger partial charge in [-0.1, -0.05) is 0 Å². The predicted octanol–water partition coefficient (Wildman–Crippen LogP) is 0.550. The first-order valence-corrected chi connectivity index (χ1v) is 7.19. The zero-order chi connectivity index (χ0) is 14.0. The topological polar surface area (TPSA) is 43.9 Å². The average molecular weight is 267 g/mol. The van der Waals surface area contributed by atoms with Gasteiger partial charge in [0.05, 0.1) is 0 Å². The Bertz CT molecular complexity index is 355. The fraction of sp³-hybridized carbons (Fsp3) is 0.857. The third-order valence-corrected chi connectivity index (χ3v) is 4.43. The number of carbonyl (C=O) groups excluding carboxylic acids is 2. The van der Waals surface area contributed by atoms with E-state index >= 15 is 0 Å². The van der Waals surface area contributed by atoms with Gasteiger partial charge in [0.25, 0.3) is 0 Å². The van der Waals surface area contributed by atoms with Gasteiger partial charge in [0.2, 0.25) is 11.8 Å². The lowest BCUT2D eigenvalue weighted by atomic mass is 10.1. The molecule has 0 N–H and O–H groups in total. The quantitative estimate of drug-likeness (QED) is 0.706. The average Bonchev–Trinajstić information content (AvgIpc) is 3.18. The minimum absolute atomic E-state index is 0.101. The van der Waals surface area contributed by atoms with Crippen molar-refractivity contribution in [1.82, 2.24) is 14.7 Å². The highest BCUT2D eigenvalue weighted by atomic mass is 16.2. The molecule has 1 saturated heterocycles. The van der Waals surface area contributed by atoms with Gasteiger partial charge in [-0.3, -0.25) is 9.59 Å². The van der Waals surface area contributed by atoms with Gasteiger partial charge in [-0.15, -0.1) is 0 Å². The van der Waals surface area contributed by atoms with E-state index in [4.69, 9.17) is 0 Å². The molecule has 1 aliphatic heterocycles. The first-order valence-electron chi connectivity index (χ1n) is 7.19. The molecular weight excluding hydrogens is 242 g/mol. The maximum atomic E-state index is 12.1. The number of hydrogen-bond donors (Lipinski definition) is 0. The van der Waals surface area contributed by atoms with Crippen molar-refractivity contribution in [3.8, 4) is 0 Å². The van der Waals surface area contributed by atoms with Crippen LogP contribution in [-0.2, 0) is 9.59 Å². The van der Waals surface area contributed by atoms with Crippen molar-refractivity contribution >= 4 is 11.8 Å². The fourth-order valence-electron chi connectivity index (χ4n) is 2.59. The molecule has 0 bridgehead atoms. The van der Waals surface area contributed by atoms with Crippen LogP contribution in [0.15, 0.2) is 0 Å². The molecule has 0 radical (unpaired) electrons. The summed E-state index contributed by atoms with van der Waals surface area (Å²) in [5.41, 5.74) is 0. The lowest BCUT2D eigenvalue weighted by Gasteiger charge is -2.25. The summed E-state index contributed by atoms with van der Waals surface area (Å²) in [6.07, 6.45) is 4.46. The second kappa shape index (κ2) is 5.90. The molecule has 2 aliphatic rings. The summed E-state index contributed by atoms with van der Waals surface area (Å²) in [5.74, 6) is 0.310. The highest BCUT2D eigenvalue weighted by molar-refractivity contribution is 5.81. The first-order chi connectivity index (χ1) is 8.99. The van der Waals surface area contributed by atoms with Gasteiger partial charge in [0.15, 0.2) is 0 Å². The van der Waals surface area contributed by atoms with E-state index in [-0.39, 0.29) is 17.9 Å². The van der Waals surface area contributed by atoms with Gasteiger partial charge in [-0.25, -0.2) is 0 Å². The summed E-state index contributed by atoms with van der Waals surface area (Å²) >= 11 is 0. The Morgan fingerprint density at radius 1 is 1.26 bits per heavy atom. The number of likely N-dealkylation sites (N-methyl/N-ethyl adjacent to an activating group) is 2. The number of rotatable bonds is 6. The molecule has 5 heteroatoms. The number of likely N-dealkylation sites (tertiary alicyclic amines) is 1.